The van der Waals surface area contributed by atoms with Gasteiger partial charge in [-0.1, -0.05) is 30.7 Å². The predicted octanol–water partition coefficient (Wildman–Crippen LogP) is 3.28. The summed E-state index contributed by atoms with van der Waals surface area (Å²) >= 11 is 0. The molecule has 1 heterocycles. The molecule has 0 aromatic heterocycles. The van der Waals surface area contributed by atoms with Gasteiger partial charge in [-0.15, -0.1) is 0 Å². The number of benzene rings is 2. The number of hydrogen-bond acceptors (Lipinski definition) is 3. The van der Waals surface area contributed by atoms with Crippen molar-refractivity contribution in [1.82, 2.24) is 4.90 Å². The smallest absolute Gasteiger partial charge is 0.261 e. The minimum Gasteiger partial charge on any atom is -0.399 e. The number of aryl methyl sites for hydroxylation is 1. The fraction of sp³-hybridized carbons (Fsp3) is 0.263. The normalized spacial score (nSPS) is 13.5. The number of nitrogen functional groups attached to an aromatic ring is 1. The minimum absolute atomic E-state index is 0.165. The second-order valence-electron chi connectivity index (χ2n) is 5.86. The first-order valence-corrected chi connectivity index (χ1v) is 7.96. The largest absolute Gasteiger partial charge is 0.399 e. The van der Waals surface area contributed by atoms with Crippen molar-refractivity contribution in [2.75, 3.05) is 12.3 Å². The lowest BCUT2D eigenvalue weighted by molar-refractivity contribution is 0.0651. The number of carbonyl (C=O) groups is 2. The Hall–Kier alpha value is -2.62. The molecule has 3 rings (SSSR count). The Morgan fingerprint density at radius 1 is 0.826 bits per heavy atom. The third-order valence-corrected chi connectivity index (χ3v) is 4.18. The van der Waals surface area contributed by atoms with Crippen LogP contribution in [0.2, 0.25) is 0 Å². The van der Waals surface area contributed by atoms with Crippen molar-refractivity contribution < 1.29 is 9.59 Å². The highest BCUT2D eigenvalue weighted by Gasteiger charge is 2.34. The molecule has 0 aliphatic carbocycles. The first-order valence-electron chi connectivity index (χ1n) is 7.96. The minimum atomic E-state index is -0.165. The molecule has 0 radical (unpaired) electrons. The van der Waals surface area contributed by atoms with Gasteiger partial charge < -0.3 is 5.73 Å². The van der Waals surface area contributed by atoms with Crippen molar-refractivity contribution in [3.63, 3.8) is 0 Å². The molecule has 0 fully saturated rings. The van der Waals surface area contributed by atoms with E-state index in [1.54, 1.807) is 24.3 Å². The average Bonchev–Trinajstić information content (AvgIpc) is 2.80. The Kier molecular flexibility index (Phi) is 4.42. The van der Waals surface area contributed by atoms with Crippen LogP contribution in [-0.4, -0.2) is 23.3 Å². The number of fused-ring (bicyclic) bond motifs is 1. The van der Waals surface area contributed by atoms with Crippen LogP contribution in [0.5, 0.6) is 0 Å². The average molecular weight is 308 g/mol. The van der Waals surface area contributed by atoms with Crippen molar-refractivity contribution in [2.24, 2.45) is 0 Å². The molecule has 2 aromatic rings. The van der Waals surface area contributed by atoms with E-state index in [0.29, 0.717) is 17.7 Å². The van der Waals surface area contributed by atoms with E-state index in [1.165, 1.54) is 10.5 Å². The Balaban J connectivity index is 1.47. The summed E-state index contributed by atoms with van der Waals surface area (Å²) in [6.45, 7) is 0.489. The van der Waals surface area contributed by atoms with Crippen LogP contribution in [0.3, 0.4) is 0 Å². The lowest BCUT2D eigenvalue weighted by atomic mass is 10.1. The van der Waals surface area contributed by atoms with Crippen molar-refractivity contribution in [2.45, 2.75) is 25.7 Å². The molecule has 1 aliphatic heterocycles. The number of nitrogens with two attached hydrogens (primary N) is 1. The third kappa shape index (κ3) is 3.26. The van der Waals surface area contributed by atoms with Gasteiger partial charge in [-0.3, -0.25) is 14.5 Å². The molecule has 0 saturated carbocycles. The summed E-state index contributed by atoms with van der Waals surface area (Å²) in [5, 5.41) is 0. The summed E-state index contributed by atoms with van der Waals surface area (Å²) in [5.41, 5.74) is 8.83. The number of anilines is 1. The van der Waals surface area contributed by atoms with Gasteiger partial charge in [-0.2, -0.15) is 0 Å². The number of unbranched alkanes of at least 4 members (excludes halogenated alkanes) is 2. The summed E-state index contributed by atoms with van der Waals surface area (Å²) < 4.78 is 0. The fourth-order valence-electron chi connectivity index (χ4n) is 2.97. The lowest BCUT2D eigenvalue weighted by Gasteiger charge is -2.13. The van der Waals surface area contributed by atoms with Gasteiger partial charge >= 0.3 is 0 Å². The zero-order valence-electron chi connectivity index (χ0n) is 13.0. The number of carbonyl (C=O) groups excluding carboxylic acids is 2. The van der Waals surface area contributed by atoms with Gasteiger partial charge in [0.25, 0.3) is 11.8 Å². The van der Waals surface area contributed by atoms with E-state index in [2.05, 4.69) is 6.07 Å². The summed E-state index contributed by atoms with van der Waals surface area (Å²) in [6, 6.07) is 14.9. The molecule has 1 aliphatic rings. The van der Waals surface area contributed by atoms with E-state index in [0.717, 1.165) is 31.4 Å². The van der Waals surface area contributed by atoms with Crippen molar-refractivity contribution in [1.29, 1.82) is 0 Å². The molecule has 0 unspecified atom stereocenters. The summed E-state index contributed by atoms with van der Waals surface area (Å²) in [6.07, 6.45) is 3.79. The SMILES string of the molecule is Nc1cccc(CCCCCN2C(=O)c3ccccc3C2=O)c1. The molecule has 2 N–H and O–H groups in total. The molecule has 0 spiro atoms. The van der Waals surface area contributed by atoms with Crippen molar-refractivity contribution in [3.8, 4) is 0 Å². The van der Waals surface area contributed by atoms with E-state index < -0.39 is 0 Å². The maximum atomic E-state index is 12.2. The van der Waals surface area contributed by atoms with Gasteiger partial charge in [-0.05, 0) is 49.1 Å². The van der Waals surface area contributed by atoms with Crippen molar-refractivity contribution >= 4 is 17.5 Å². The maximum Gasteiger partial charge on any atom is 0.261 e. The summed E-state index contributed by atoms with van der Waals surface area (Å²) in [5.74, 6) is -0.331. The van der Waals surface area contributed by atoms with Crippen LogP contribution in [0.4, 0.5) is 5.69 Å². The van der Waals surface area contributed by atoms with Crippen LogP contribution in [0.1, 0.15) is 45.5 Å². The lowest BCUT2D eigenvalue weighted by Crippen LogP contribution is -2.30. The van der Waals surface area contributed by atoms with Crippen LogP contribution in [0, 0.1) is 0 Å². The highest BCUT2D eigenvalue weighted by molar-refractivity contribution is 6.21. The molecule has 0 saturated heterocycles. The molecule has 0 bridgehead atoms. The molecule has 118 valence electrons. The standard InChI is InChI=1S/C19H20N2O2/c20-15-9-6-8-14(13-15)7-2-1-5-12-21-18(22)16-10-3-4-11-17(16)19(21)23/h3-4,6,8-11,13H,1-2,5,7,12,20H2. The Morgan fingerprint density at radius 3 is 2.17 bits per heavy atom. The monoisotopic (exact) mass is 308 g/mol. The predicted molar refractivity (Wildman–Crippen MR) is 90.2 cm³/mol. The van der Waals surface area contributed by atoms with Crippen LogP contribution in [-0.2, 0) is 6.42 Å². The number of imide groups is 1. The number of rotatable bonds is 6. The molecule has 2 amide bonds. The molecule has 23 heavy (non-hydrogen) atoms. The van der Waals surface area contributed by atoms with E-state index in [9.17, 15) is 9.59 Å². The fourth-order valence-corrected chi connectivity index (χ4v) is 2.97. The van der Waals surface area contributed by atoms with E-state index in [-0.39, 0.29) is 11.8 Å². The second kappa shape index (κ2) is 6.65. The number of hydrogen-bond donors (Lipinski definition) is 1. The van der Waals surface area contributed by atoms with E-state index in [1.807, 2.05) is 18.2 Å². The van der Waals surface area contributed by atoms with Crippen LogP contribution < -0.4 is 5.73 Å². The highest BCUT2D eigenvalue weighted by Crippen LogP contribution is 2.22. The summed E-state index contributed by atoms with van der Waals surface area (Å²) in [7, 11) is 0. The third-order valence-electron chi connectivity index (χ3n) is 4.18. The number of amides is 2. The zero-order chi connectivity index (χ0) is 16.2. The number of nitrogens with zero attached hydrogens (tertiary/aromatic N) is 1. The van der Waals surface area contributed by atoms with Gasteiger partial charge in [0.15, 0.2) is 0 Å². The topological polar surface area (TPSA) is 63.4 Å². The quantitative estimate of drug-likeness (QED) is 0.506. The van der Waals surface area contributed by atoms with E-state index in [4.69, 9.17) is 5.73 Å². The maximum absolute atomic E-state index is 12.2. The Morgan fingerprint density at radius 2 is 1.52 bits per heavy atom. The molecule has 2 aromatic carbocycles. The van der Waals surface area contributed by atoms with Crippen LogP contribution in [0.15, 0.2) is 48.5 Å². The van der Waals surface area contributed by atoms with Gasteiger partial charge in [0.1, 0.15) is 0 Å². The van der Waals surface area contributed by atoms with Crippen LogP contribution >= 0.6 is 0 Å². The first kappa shape index (κ1) is 15.3. The zero-order valence-corrected chi connectivity index (χ0v) is 13.0. The van der Waals surface area contributed by atoms with Gasteiger partial charge in [0, 0.05) is 12.2 Å². The van der Waals surface area contributed by atoms with E-state index >= 15 is 0 Å². The first-order chi connectivity index (χ1) is 11.2. The Labute approximate surface area is 135 Å². The van der Waals surface area contributed by atoms with Crippen LogP contribution in [0.25, 0.3) is 0 Å². The van der Waals surface area contributed by atoms with Crippen molar-refractivity contribution in [3.05, 3.63) is 65.2 Å². The molecular formula is C19H20N2O2. The summed E-state index contributed by atoms with van der Waals surface area (Å²) in [4.78, 5) is 25.8. The van der Waals surface area contributed by atoms with Gasteiger partial charge in [0.2, 0.25) is 0 Å². The van der Waals surface area contributed by atoms with Gasteiger partial charge in [-0.25, -0.2) is 0 Å². The van der Waals surface area contributed by atoms with Gasteiger partial charge in [0.05, 0.1) is 11.1 Å². The molecule has 4 heteroatoms. The Bertz CT molecular complexity index is 705. The second-order valence-corrected chi connectivity index (χ2v) is 5.86. The molecule has 0 atom stereocenters. The molecule has 4 nitrogen and oxygen atoms in total. The molecular weight excluding hydrogens is 288 g/mol. The highest BCUT2D eigenvalue weighted by atomic mass is 16.2.